The fourth-order valence-electron chi connectivity index (χ4n) is 2.32. The van der Waals surface area contributed by atoms with Gasteiger partial charge in [-0.3, -0.25) is 4.79 Å². The van der Waals surface area contributed by atoms with Gasteiger partial charge in [0.2, 0.25) is 0 Å². The van der Waals surface area contributed by atoms with Gasteiger partial charge in [-0.1, -0.05) is 17.7 Å². The van der Waals surface area contributed by atoms with E-state index < -0.39 is 0 Å². The Hall–Kier alpha value is -1.48. The van der Waals surface area contributed by atoms with Crippen molar-refractivity contribution in [2.75, 3.05) is 5.75 Å². The lowest BCUT2D eigenvalue weighted by atomic mass is 10.2. The Kier molecular flexibility index (Phi) is 4.39. The summed E-state index contributed by atoms with van der Waals surface area (Å²) in [5, 5.41) is 0. The van der Waals surface area contributed by atoms with Crippen LogP contribution in [-0.4, -0.2) is 16.1 Å². The van der Waals surface area contributed by atoms with E-state index in [1.54, 1.807) is 11.8 Å². The summed E-state index contributed by atoms with van der Waals surface area (Å²) in [7, 11) is 2.00. The average Bonchev–Trinajstić information content (AvgIpc) is 2.65. The molecule has 2 rings (SSSR count). The Morgan fingerprint density at radius 3 is 2.40 bits per heavy atom. The van der Waals surface area contributed by atoms with Gasteiger partial charge in [-0.2, -0.15) is 0 Å². The van der Waals surface area contributed by atoms with Crippen molar-refractivity contribution < 1.29 is 4.79 Å². The molecule has 0 saturated heterocycles. The molecule has 0 unspecified atom stereocenters. The highest BCUT2D eigenvalue weighted by molar-refractivity contribution is 8.00. The molecule has 1 aromatic heterocycles. The SMILES string of the molecule is Cc1ccc(SCC(=O)c2cc(C)n(C)c2C)c(C)c1. The van der Waals surface area contributed by atoms with E-state index in [2.05, 4.69) is 36.6 Å². The van der Waals surface area contributed by atoms with Crippen LogP contribution in [0.1, 0.15) is 32.9 Å². The van der Waals surface area contributed by atoms with Crippen LogP contribution in [0, 0.1) is 27.7 Å². The van der Waals surface area contributed by atoms with Gasteiger partial charge in [0.15, 0.2) is 5.78 Å². The normalized spacial score (nSPS) is 10.8. The quantitative estimate of drug-likeness (QED) is 0.620. The predicted octanol–water partition coefficient (Wildman–Crippen LogP) is 4.23. The number of rotatable bonds is 4. The second kappa shape index (κ2) is 5.88. The molecule has 0 N–H and O–H groups in total. The van der Waals surface area contributed by atoms with E-state index in [1.165, 1.54) is 16.0 Å². The van der Waals surface area contributed by atoms with E-state index in [0.717, 1.165) is 17.0 Å². The molecule has 1 heterocycles. The van der Waals surface area contributed by atoms with Gasteiger partial charge in [0, 0.05) is 28.9 Å². The highest BCUT2D eigenvalue weighted by atomic mass is 32.2. The van der Waals surface area contributed by atoms with Crippen molar-refractivity contribution in [1.82, 2.24) is 4.57 Å². The summed E-state index contributed by atoms with van der Waals surface area (Å²) in [6.07, 6.45) is 0. The number of aromatic nitrogens is 1. The average molecular weight is 287 g/mol. The molecule has 20 heavy (non-hydrogen) atoms. The van der Waals surface area contributed by atoms with Crippen LogP contribution in [0.25, 0.3) is 0 Å². The Balaban J connectivity index is 2.10. The third kappa shape index (κ3) is 2.98. The maximum atomic E-state index is 12.3. The number of aryl methyl sites for hydroxylation is 3. The van der Waals surface area contributed by atoms with Gasteiger partial charge in [0.05, 0.1) is 5.75 Å². The highest BCUT2D eigenvalue weighted by Crippen LogP contribution is 2.25. The van der Waals surface area contributed by atoms with Crippen LogP contribution in [0.3, 0.4) is 0 Å². The summed E-state index contributed by atoms with van der Waals surface area (Å²) >= 11 is 1.62. The van der Waals surface area contributed by atoms with E-state index in [-0.39, 0.29) is 5.78 Å². The number of carbonyl (C=O) groups is 1. The van der Waals surface area contributed by atoms with Crippen LogP contribution in [0.15, 0.2) is 29.2 Å². The summed E-state index contributed by atoms with van der Waals surface area (Å²) < 4.78 is 2.06. The Bertz CT molecular complexity index is 655. The summed E-state index contributed by atoms with van der Waals surface area (Å²) in [5.74, 6) is 0.699. The lowest BCUT2D eigenvalue weighted by Crippen LogP contribution is -2.04. The standard InChI is InChI=1S/C17H21NOS/c1-11-6-7-17(12(2)8-11)20-10-16(19)15-9-13(3)18(5)14(15)4/h6-9H,10H2,1-5H3. The first-order valence-electron chi connectivity index (χ1n) is 6.76. The highest BCUT2D eigenvalue weighted by Gasteiger charge is 2.14. The van der Waals surface area contributed by atoms with E-state index in [0.29, 0.717) is 5.75 Å². The van der Waals surface area contributed by atoms with Gasteiger partial charge in [-0.05, 0) is 45.4 Å². The molecular weight excluding hydrogens is 266 g/mol. The first-order valence-corrected chi connectivity index (χ1v) is 7.75. The second-order valence-electron chi connectivity index (χ2n) is 5.32. The van der Waals surface area contributed by atoms with Crippen LogP contribution in [0.4, 0.5) is 0 Å². The van der Waals surface area contributed by atoms with Crippen LogP contribution in [0.5, 0.6) is 0 Å². The summed E-state index contributed by atoms with van der Waals surface area (Å²) in [4.78, 5) is 13.5. The van der Waals surface area contributed by atoms with Crippen molar-refractivity contribution in [3.05, 3.63) is 52.3 Å². The number of nitrogens with zero attached hydrogens (tertiary/aromatic N) is 1. The van der Waals surface area contributed by atoms with E-state index in [1.807, 2.05) is 27.0 Å². The van der Waals surface area contributed by atoms with Gasteiger partial charge in [0.25, 0.3) is 0 Å². The van der Waals surface area contributed by atoms with Crippen molar-refractivity contribution in [3.8, 4) is 0 Å². The molecule has 0 atom stereocenters. The van der Waals surface area contributed by atoms with Crippen molar-refractivity contribution in [3.63, 3.8) is 0 Å². The number of thioether (sulfide) groups is 1. The summed E-state index contributed by atoms with van der Waals surface area (Å²) in [6.45, 7) is 8.21. The fraction of sp³-hybridized carbons (Fsp3) is 0.353. The zero-order chi connectivity index (χ0) is 14.9. The molecule has 0 fully saturated rings. The van der Waals surface area contributed by atoms with Crippen LogP contribution >= 0.6 is 11.8 Å². The molecular formula is C17H21NOS. The third-order valence-corrected chi connectivity index (χ3v) is 4.94. The van der Waals surface area contributed by atoms with Crippen molar-refractivity contribution in [1.29, 1.82) is 0 Å². The second-order valence-corrected chi connectivity index (χ2v) is 6.34. The van der Waals surface area contributed by atoms with E-state index in [4.69, 9.17) is 0 Å². The molecule has 0 saturated carbocycles. The number of benzene rings is 1. The maximum absolute atomic E-state index is 12.3. The molecule has 0 bridgehead atoms. The minimum absolute atomic E-state index is 0.205. The number of Topliss-reactive ketones (excluding diaryl/α,β-unsaturated/α-hetero) is 1. The van der Waals surface area contributed by atoms with Crippen LogP contribution < -0.4 is 0 Å². The third-order valence-electron chi connectivity index (χ3n) is 3.76. The topological polar surface area (TPSA) is 22.0 Å². The van der Waals surface area contributed by atoms with Crippen molar-refractivity contribution >= 4 is 17.5 Å². The number of ketones is 1. The summed E-state index contributed by atoms with van der Waals surface area (Å²) in [6, 6.07) is 8.34. The molecule has 0 aliphatic rings. The molecule has 0 aliphatic carbocycles. The van der Waals surface area contributed by atoms with Crippen molar-refractivity contribution in [2.45, 2.75) is 32.6 Å². The van der Waals surface area contributed by atoms with Gasteiger partial charge in [-0.25, -0.2) is 0 Å². The molecule has 0 aliphatic heterocycles. The number of hydrogen-bond donors (Lipinski definition) is 0. The van der Waals surface area contributed by atoms with Gasteiger partial charge >= 0.3 is 0 Å². The zero-order valence-corrected chi connectivity index (χ0v) is 13.6. The molecule has 2 nitrogen and oxygen atoms in total. The predicted molar refractivity (Wildman–Crippen MR) is 85.9 cm³/mol. The molecule has 106 valence electrons. The molecule has 0 amide bonds. The van der Waals surface area contributed by atoms with Crippen LogP contribution in [0.2, 0.25) is 0 Å². The van der Waals surface area contributed by atoms with Gasteiger partial charge in [0.1, 0.15) is 0 Å². The Labute approximate surface area is 125 Å². The largest absolute Gasteiger partial charge is 0.351 e. The van der Waals surface area contributed by atoms with Crippen LogP contribution in [-0.2, 0) is 7.05 Å². The van der Waals surface area contributed by atoms with Crippen molar-refractivity contribution in [2.24, 2.45) is 7.05 Å². The minimum atomic E-state index is 0.205. The molecule has 2 aromatic rings. The number of carbonyl (C=O) groups excluding carboxylic acids is 1. The summed E-state index contributed by atoms with van der Waals surface area (Å²) in [5.41, 5.74) is 5.52. The monoisotopic (exact) mass is 287 g/mol. The first kappa shape index (κ1) is 14.9. The Morgan fingerprint density at radius 2 is 1.85 bits per heavy atom. The van der Waals surface area contributed by atoms with Gasteiger partial charge in [-0.15, -0.1) is 11.8 Å². The van der Waals surface area contributed by atoms with E-state index in [9.17, 15) is 4.79 Å². The Morgan fingerprint density at radius 1 is 1.15 bits per heavy atom. The number of hydrogen-bond acceptors (Lipinski definition) is 2. The minimum Gasteiger partial charge on any atom is -0.351 e. The smallest absolute Gasteiger partial charge is 0.174 e. The fourth-order valence-corrected chi connectivity index (χ4v) is 3.21. The molecule has 1 aromatic carbocycles. The van der Waals surface area contributed by atoms with E-state index >= 15 is 0 Å². The lowest BCUT2D eigenvalue weighted by molar-refractivity contribution is 0.102. The lowest BCUT2D eigenvalue weighted by Gasteiger charge is -2.06. The molecule has 0 radical (unpaired) electrons. The zero-order valence-electron chi connectivity index (χ0n) is 12.8. The first-order chi connectivity index (χ1) is 9.40. The molecule has 0 spiro atoms. The van der Waals surface area contributed by atoms with Gasteiger partial charge < -0.3 is 4.57 Å². The maximum Gasteiger partial charge on any atom is 0.174 e. The molecule has 3 heteroatoms.